The second-order valence-electron chi connectivity index (χ2n) is 3.45. The molecule has 0 amide bonds. The van der Waals surface area contributed by atoms with Gasteiger partial charge in [0.05, 0.1) is 30.2 Å². The zero-order valence-corrected chi connectivity index (χ0v) is 10.6. The number of halogens is 1. The second-order valence-corrected chi connectivity index (χ2v) is 4.26. The van der Waals surface area contributed by atoms with Gasteiger partial charge in [-0.1, -0.05) is 0 Å². The van der Waals surface area contributed by atoms with Gasteiger partial charge in [-0.05, 0) is 22.0 Å². The normalized spacial score (nSPS) is 18.7. The van der Waals surface area contributed by atoms with Crippen LogP contribution in [0.2, 0.25) is 0 Å². The molecular weight excluding hydrogens is 290 g/mol. The standard InChI is InChI=1S/C10H10BrN3O3/c1-17-6-3-13-14(5-6)8-4-12-9(11)2-7(8)10(15)16/h2-4,6H,5H2,1H3,(H,15,16). The molecule has 1 atom stereocenters. The van der Waals surface area contributed by atoms with Crippen LogP contribution in [0, 0.1) is 0 Å². The van der Waals surface area contributed by atoms with E-state index in [9.17, 15) is 4.79 Å². The van der Waals surface area contributed by atoms with E-state index in [0.717, 1.165) is 0 Å². The topological polar surface area (TPSA) is 75.0 Å². The highest BCUT2D eigenvalue weighted by atomic mass is 79.9. The maximum absolute atomic E-state index is 11.1. The fraction of sp³-hybridized carbons (Fsp3) is 0.300. The number of carbonyl (C=O) groups is 1. The monoisotopic (exact) mass is 299 g/mol. The number of aromatic nitrogens is 1. The molecule has 1 aromatic heterocycles. The Kier molecular flexibility index (Phi) is 3.39. The van der Waals surface area contributed by atoms with Crippen molar-refractivity contribution in [3.05, 3.63) is 22.4 Å². The van der Waals surface area contributed by atoms with Gasteiger partial charge in [-0.3, -0.25) is 5.01 Å². The van der Waals surface area contributed by atoms with E-state index in [1.165, 1.54) is 12.3 Å². The number of ether oxygens (including phenoxy) is 1. The van der Waals surface area contributed by atoms with Gasteiger partial charge in [0, 0.05) is 7.11 Å². The number of hydrogen-bond donors (Lipinski definition) is 1. The van der Waals surface area contributed by atoms with Crippen LogP contribution >= 0.6 is 15.9 Å². The molecule has 1 unspecified atom stereocenters. The van der Waals surface area contributed by atoms with Crippen molar-refractivity contribution < 1.29 is 14.6 Å². The van der Waals surface area contributed by atoms with Crippen LogP contribution in [0.25, 0.3) is 0 Å². The molecule has 0 saturated carbocycles. The summed E-state index contributed by atoms with van der Waals surface area (Å²) in [6, 6.07) is 1.45. The molecule has 0 fully saturated rings. The first-order valence-electron chi connectivity index (χ1n) is 4.85. The molecule has 17 heavy (non-hydrogen) atoms. The largest absolute Gasteiger partial charge is 0.478 e. The Bertz CT molecular complexity index is 478. The summed E-state index contributed by atoms with van der Waals surface area (Å²) in [5.41, 5.74) is 0.609. The third kappa shape index (κ3) is 2.45. The van der Waals surface area contributed by atoms with Crippen molar-refractivity contribution in [2.45, 2.75) is 6.10 Å². The van der Waals surface area contributed by atoms with Gasteiger partial charge in [0.25, 0.3) is 0 Å². The number of hydrazone groups is 1. The van der Waals surface area contributed by atoms with Crippen molar-refractivity contribution in [3.63, 3.8) is 0 Å². The number of carboxylic acid groups (broad SMARTS) is 1. The summed E-state index contributed by atoms with van der Waals surface area (Å²) in [5, 5.41) is 14.8. The lowest BCUT2D eigenvalue weighted by Crippen LogP contribution is -2.24. The summed E-state index contributed by atoms with van der Waals surface area (Å²) >= 11 is 3.14. The number of aromatic carboxylic acids is 1. The average molecular weight is 300 g/mol. The van der Waals surface area contributed by atoms with Gasteiger partial charge in [-0.2, -0.15) is 5.10 Å². The number of carboxylic acids is 1. The van der Waals surface area contributed by atoms with Gasteiger partial charge in [-0.15, -0.1) is 0 Å². The van der Waals surface area contributed by atoms with Gasteiger partial charge in [-0.25, -0.2) is 9.78 Å². The number of rotatable bonds is 3. The first-order valence-corrected chi connectivity index (χ1v) is 5.64. The maximum Gasteiger partial charge on any atom is 0.338 e. The molecular formula is C10H10BrN3O3. The SMILES string of the molecule is COC1C=NN(c2cnc(Br)cc2C(=O)O)C1. The minimum absolute atomic E-state index is 0.125. The average Bonchev–Trinajstić information content (AvgIpc) is 2.77. The Morgan fingerprint density at radius 2 is 2.47 bits per heavy atom. The highest BCUT2D eigenvalue weighted by Crippen LogP contribution is 2.24. The summed E-state index contributed by atoms with van der Waals surface area (Å²) < 4.78 is 5.60. The summed E-state index contributed by atoms with van der Waals surface area (Å²) in [7, 11) is 1.58. The Labute approximate surface area is 106 Å². The van der Waals surface area contributed by atoms with Crippen molar-refractivity contribution in [1.82, 2.24) is 4.98 Å². The van der Waals surface area contributed by atoms with Crippen molar-refractivity contribution in [1.29, 1.82) is 0 Å². The third-order valence-corrected chi connectivity index (χ3v) is 2.82. The molecule has 0 spiro atoms. The van der Waals surface area contributed by atoms with Crippen LogP contribution in [0.3, 0.4) is 0 Å². The molecule has 1 N–H and O–H groups in total. The predicted molar refractivity (Wildman–Crippen MR) is 65.5 cm³/mol. The first-order chi connectivity index (χ1) is 8.11. The number of anilines is 1. The third-order valence-electron chi connectivity index (χ3n) is 2.39. The van der Waals surface area contributed by atoms with E-state index in [2.05, 4.69) is 26.0 Å². The van der Waals surface area contributed by atoms with Crippen molar-refractivity contribution in [2.75, 3.05) is 18.7 Å². The smallest absolute Gasteiger partial charge is 0.338 e. The van der Waals surface area contributed by atoms with Gasteiger partial charge in [0.2, 0.25) is 0 Å². The van der Waals surface area contributed by atoms with Crippen molar-refractivity contribution in [3.8, 4) is 0 Å². The van der Waals surface area contributed by atoms with E-state index in [1.807, 2.05) is 0 Å². The fourth-order valence-corrected chi connectivity index (χ4v) is 1.85. The summed E-state index contributed by atoms with van der Waals surface area (Å²) in [5.74, 6) is -1.01. The van der Waals surface area contributed by atoms with E-state index < -0.39 is 5.97 Å². The van der Waals surface area contributed by atoms with E-state index in [-0.39, 0.29) is 11.7 Å². The summed E-state index contributed by atoms with van der Waals surface area (Å²) in [6.45, 7) is 0.486. The Morgan fingerprint density at radius 1 is 1.71 bits per heavy atom. The Hall–Kier alpha value is -1.47. The molecule has 2 rings (SSSR count). The molecule has 7 heteroatoms. The minimum atomic E-state index is -1.01. The van der Waals surface area contributed by atoms with Gasteiger partial charge >= 0.3 is 5.97 Å². The predicted octanol–water partition coefficient (Wildman–Crippen LogP) is 1.36. The van der Waals surface area contributed by atoms with Crippen LogP contribution in [0.1, 0.15) is 10.4 Å². The second kappa shape index (κ2) is 4.80. The van der Waals surface area contributed by atoms with Crippen LogP contribution < -0.4 is 5.01 Å². The van der Waals surface area contributed by atoms with Crippen molar-refractivity contribution >= 4 is 33.8 Å². The van der Waals surface area contributed by atoms with E-state index >= 15 is 0 Å². The highest BCUT2D eigenvalue weighted by molar-refractivity contribution is 9.10. The minimum Gasteiger partial charge on any atom is -0.478 e. The van der Waals surface area contributed by atoms with Crippen LogP contribution in [-0.4, -0.2) is 42.0 Å². The van der Waals surface area contributed by atoms with Crippen LogP contribution in [-0.2, 0) is 4.74 Å². The van der Waals surface area contributed by atoms with Gasteiger partial charge in [0.1, 0.15) is 10.7 Å². The quantitative estimate of drug-likeness (QED) is 0.853. The van der Waals surface area contributed by atoms with Crippen LogP contribution in [0.4, 0.5) is 5.69 Å². The number of pyridine rings is 1. The number of methoxy groups -OCH3 is 1. The zero-order valence-electron chi connectivity index (χ0n) is 9.00. The maximum atomic E-state index is 11.1. The molecule has 0 aromatic carbocycles. The molecule has 0 bridgehead atoms. The van der Waals surface area contributed by atoms with Gasteiger partial charge < -0.3 is 9.84 Å². The zero-order chi connectivity index (χ0) is 12.4. The van der Waals surface area contributed by atoms with Crippen molar-refractivity contribution in [2.24, 2.45) is 5.10 Å². The molecule has 2 heterocycles. The number of nitrogens with zero attached hydrogens (tertiary/aromatic N) is 3. The summed E-state index contributed by atoms with van der Waals surface area (Å²) in [4.78, 5) is 15.1. The molecule has 6 nitrogen and oxygen atoms in total. The first kappa shape index (κ1) is 12.0. The molecule has 1 aromatic rings. The Morgan fingerprint density at radius 3 is 3.06 bits per heavy atom. The highest BCUT2D eigenvalue weighted by Gasteiger charge is 2.23. The molecule has 1 aliphatic heterocycles. The molecule has 0 aliphatic carbocycles. The van der Waals surface area contributed by atoms with E-state index in [0.29, 0.717) is 16.8 Å². The molecule has 1 aliphatic rings. The molecule has 0 radical (unpaired) electrons. The molecule has 90 valence electrons. The lowest BCUT2D eigenvalue weighted by molar-refractivity contribution is 0.0697. The van der Waals surface area contributed by atoms with E-state index in [1.54, 1.807) is 18.3 Å². The van der Waals surface area contributed by atoms with E-state index in [4.69, 9.17) is 9.84 Å². The fourth-order valence-electron chi connectivity index (χ4n) is 1.52. The van der Waals surface area contributed by atoms with Gasteiger partial charge in [0.15, 0.2) is 0 Å². The van der Waals surface area contributed by atoms with Crippen LogP contribution in [0.5, 0.6) is 0 Å². The molecule has 0 saturated heterocycles. The summed E-state index contributed by atoms with van der Waals surface area (Å²) in [6.07, 6.45) is 2.98. The lowest BCUT2D eigenvalue weighted by Gasteiger charge is -2.17. The van der Waals surface area contributed by atoms with Crippen LogP contribution in [0.15, 0.2) is 22.0 Å². The number of hydrogen-bond acceptors (Lipinski definition) is 5. The Balaban J connectivity index is 2.33. The lowest BCUT2D eigenvalue weighted by atomic mass is 10.2.